The fourth-order valence-electron chi connectivity index (χ4n) is 3.62. The van der Waals surface area contributed by atoms with Crippen molar-refractivity contribution in [3.63, 3.8) is 0 Å². The molecule has 1 amide bonds. The molecule has 0 spiro atoms. The first-order valence-corrected chi connectivity index (χ1v) is 12.7. The van der Waals surface area contributed by atoms with Gasteiger partial charge < -0.3 is 10.1 Å². The predicted octanol–water partition coefficient (Wildman–Crippen LogP) is 6.32. The van der Waals surface area contributed by atoms with Crippen LogP contribution in [0, 0.1) is 6.92 Å². The van der Waals surface area contributed by atoms with E-state index in [1.165, 1.54) is 4.68 Å². The van der Waals surface area contributed by atoms with Crippen LogP contribution >= 0.6 is 27.5 Å². The zero-order valence-electron chi connectivity index (χ0n) is 20.9. The molecule has 0 aliphatic carbocycles. The zero-order chi connectivity index (χ0) is 26.7. The van der Waals surface area contributed by atoms with Crippen LogP contribution in [0.5, 0.6) is 5.75 Å². The molecule has 4 aromatic rings. The number of fused-ring (bicyclic) bond motifs is 1. The van der Waals surface area contributed by atoms with E-state index in [9.17, 15) is 9.59 Å². The van der Waals surface area contributed by atoms with Crippen molar-refractivity contribution in [1.82, 2.24) is 9.66 Å². The molecule has 37 heavy (non-hydrogen) atoms. The zero-order valence-corrected chi connectivity index (χ0v) is 23.2. The standard InChI is InChI=1S/C28H26BrClN4O3/c1-17-7-5-6-8-22(17)32-25(35)16-37-24-12-9-18(13-21(24)30)15-31-34-26(36)20-14-19(29)10-11-23(20)33-27(34)28(2,3)4/h5-15H,16H2,1-4H3,(H,32,35). The second-order valence-corrected chi connectivity index (χ2v) is 10.9. The van der Waals surface area contributed by atoms with Crippen LogP contribution in [-0.2, 0) is 10.2 Å². The van der Waals surface area contributed by atoms with Gasteiger partial charge in [0.05, 0.1) is 22.1 Å². The lowest BCUT2D eigenvalue weighted by atomic mass is 9.95. The van der Waals surface area contributed by atoms with Crippen molar-refractivity contribution >= 4 is 56.2 Å². The molecular formula is C28H26BrClN4O3. The molecule has 0 aliphatic heterocycles. The van der Waals surface area contributed by atoms with Gasteiger partial charge in [-0.3, -0.25) is 9.59 Å². The number of nitrogens with zero attached hydrogens (tertiary/aromatic N) is 3. The number of aryl methyl sites for hydroxylation is 1. The van der Waals surface area contributed by atoms with Gasteiger partial charge in [0, 0.05) is 15.6 Å². The largest absolute Gasteiger partial charge is 0.482 e. The summed E-state index contributed by atoms with van der Waals surface area (Å²) in [4.78, 5) is 30.3. The Morgan fingerprint density at radius 2 is 1.92 bits per heavy atom. The van der Waals surface area contributed by atoms with E-state index in [-0.39, 0.29) is 18.1 Å². The van der Waals surface area contributed by atoms with Gasteiger partial charge in [0.1, 0.15) is 11.6 Å². The maximum atomic E-state index is 13.3. The van der Waals surface area contributed by atoms with Crippen LogP contribution in [0.1, 0.15) is 37.7 Å². The molecule has 1 heterocycles. The third-order valence-corrected chi connectivity index (χ3v) is 6.32. The van der Waals surface area contributed by atoms with Crippen LogP contribution in [0.2, 0.25) is 5.02 Å². The number of nitrogens with one attached hydrogen (secondary N) is 1. The van der Waals surface area contributed by atoms with E-state index in [2.05, 4.69) is 26.3 Å². The summed E-state index contributed by atoms with van der Waals surface area (Å²) in [7, 11) is 0. The Hall–Kier alpha value is -3.49. The van der Waals surface area contributed by atoms with Gasteiger partial charge in [0.25, 0.3) is 11.5 Å². The quantitative estimate of drug-likeness (QED) is 0.270. The van der Waals surface area contributed by atoms with Crippen molar-refractivity contribution in [2.45, 2.75) is 33.1 Å². The molecule has 0 saturated heterocycles. The average molecular weight is 582 g/mol. The van der Waals surface area contributed by atoms with Crippen LogP contribution in [0.4, 0.5) is 5.69 Å². The first-order valence-electron chi connectivity index (χ1n) is 11.6. The Morgan fingerprint density at radius 1 is 1.16 bits per heavy atom. The molecule has 0 fully saturated rings. The molecule has 3 aromatic carbocycles. The molecule has 0 unspecified atom stereocenters. The van der Waals surface area contributed by atoms with Gasteiger partial charge in [-0.15, -0.1) is 0 Å². The lowest BCUT2D eigenvalue weighted by Gasteiger charge is -2.20. The number of anilines is 1. The van der Waals surface area contributed by atoms with Gasteiger partial charge in [0.15, 0.2) is 6.61 Å². The monoisotopic (exact) mass is 580 g/mol. The van der Waals surface area contributed by atoms with Crippen LogP contribution in [0.3, 0.4) is 0 Å². The second kappa shape index (κ2) is 10.9. The number of aromatic nitrogens is 2. The van der Waals surface area contributed by atoms with Crippen molar-refractivity contribution in [1.29, 1.82) is 0 Å². The van der Waals surface area contributed by atoms with Gasteiger partial charge in [0.2, 0.25) is 0 Å². The number of carbonyl (C=O) groups is 1. The molecule has 0 radical (unpaired) electrons. The maximum Gasteiger partial charge on any atom is 0.282 e. The van der Waals surface area contributed by atoms with E-state index in [0.29, 0.717) is 33.1 Å². The highest BCUT2D eigenvalue weighted by Gasteiger charge is 2.23. The molecule has 7 nitrogen and oxygen atoms in total. The topological polar surface area (TPSA) is 85.6 Å². The van der Waals surface area contributed by atoms with Crippen LogP contribution in [-0.4, -0.2) is 28.4 Å². The number of benzene rings is 3. The SMILES string of the molecule is Cc1ccccc1NC(=O)COc1ccc(C=Nn2c(C(C)(C)C)nc3ccc(Br)cc3c2=O)cc1Cl. The minimum absolute atomic E-state index is 0.190. The smallest absolute Gasteiger partial charge is 0.282 e. The number of para-hydroxylation sites is 1. The molecule has 0 bridgehead atoms. The molecule has 0 atom stereocenters. The molecule has 1 N–H and O–H groups in total. The number of hydrogen-bond donors (Lipinski definition) is 1. The Morgan fingerprint density at radius 3 is 2.62 bits per heavy atom. The highest BCUT2D eigenvalue weighted by atomic mass is 79.9. The fraction of sp³-hybridized carbons (Fsp3) is 0.214. The predicted molar refractivity (Wildman–Crippen MR) is 152 cm³/mol. The van der Waals surface area contributed by atoms with Crippen molar-refractivity contribution < 1.29 is 9.53 Å². The minimum atomic E-state index is -0.425. The van der Waals surface area contributed by atoms with Crippen molar-refractivity contribution in [3.8, 4) is 5.75 Å². The molecule has 4 rings (SSSR count). The Balaban J connectivity index is 1.54. The van der Waals surface area contributed by atoms with Gasteiger partial charge >= 0.3 is 0 Å². The van der Waals surface area contributed by atoms with E-state index in [1.54, 1.807) is 30.5 Å². The third kappa shape index (κ3) is 6.26. The number of rotatable bonds is 6. The van der Waals surface area contributed by atoms with E-state index in [0.717, 1.165) is 15.7 Å². The summed E-state index contributed by atoms with van der Waals surface area (Å²) in [6.07, 6.45) is 1.54. The molecular weight excluding hydrogens is 556 g/mol. The van der Waals surface area contributed by atoms with Gasteiger partial charge in [-0.2, -0.15) is 9.78 Å². The van der Waals surface area contributed by atoms with Gasteiger partial charge in [-0.05, 0) is 60.5 Å². The number of carbonyl (C=O) groups excluding carboxylic acids is 1. The molecule has 9 heteroatoms. The summed E-state index contributed by atoms with van der Waals surface area (Å²) in [5, 5.41) is 8.06. The Kier molecular flexibility index (Phi) is 7.80. The summed E-state index contributed by atoms with van der Waals surface area (Å²) in [5.74, 6) is 0.610. The summed E-state index contributed by atoms with van der Waals surface area (Å²) < 4.78 is 7.72. The minimum Gasteiger partial charge on any atom is -0.482 e. The molecule has 0 aliphatic rings. The highest BCUT2D eigenvalue weighted by Crippen LogP contribution is 2.26. The lowest BCUT2D eigenvalue weighted by Crippen LogP contribution is -2.29. The van der Waals surface area contributed by atoms with E-state index in [1.807, 2.05) is 64.1 Å². The fourth-order valence-corrected chi connectivity index (χ4v) is 4.23. The number of hydrogen-bond acceptors (Lipinski definition) is 5. The van der Waals surface area contributed by atoms with Gasteiger partial charge in [-0.1, -0.05) is 66.5 Å². The normalized spacial score (nSPS) is 11.7. The molecule has 190 valence electrons. The number of amides is 1. The summed E-state index contributed by atoms with van der Waals surface area (Å²) in [6.45, 7) is 7.65. The highest BCUT2D eigenvalue weighted by molar-refractivity contribution is 9.10. The first-order chi connectivity index (χ1) is 17.5. The van der Waals surface area contributed by atoms with E-state index >= 15 is 0 Å². The van der Waals surface area contributed by atoms with Gasteiger partial charge in [-0.25, -0.2) is 4.98 Å². The Bertz CT molecular complexity index is 1570. The second-order valence-electron chi connectivity index (χ2n) is 9.55. The Labute approximate surface area is 228 Å². The van der Waals surface area contributed by atoms with Crippen LogP contribution < -0.4 is 15.6 Å². The van der Waals surface area contributed by atoms with Crippen molar-refractivity contribution in [2.75, 3.05) is 11.9 Å². The van der Waals surface area contributed by atoms with Crippen LogP contribution in [0.25, 0.3) is 10.9 Å². The molecule has 1 aromatic heterocycles. The molecule has 0 saturated carbocycles. The summed E-state index contributed by atoms with van der Waals surface area (Å²) in [6, 6.07) is 18.0. The number of ether oxygens (including phenoxy) is 1. The van der Waals surface area contributed by atoms with Crippen molar-refractivity contribution in [3.05, 3.63) is 97.5 Å². The maximum absolute atomic E-state index is 13.3. The van der Waals surface area contributed by atoms with Crippen molar-refractivity contribution in [2.24, 2.45) is 5.10 Å². The van der Waals surface area contributed by atoms with Crippen LogP contribution in [0.15, 0.2) is 75.0 Å². The third-order valence-electron chi connectivity index (χ3n) is 5.54. The first kappa shape index (κ1) is 26.6. The average Bonchev–Trinajstić information content (AvgIpc) is 2.84. The number of halogens is 2. The lowest BCUT2D eigenvalue weighted by molar-refractivity contribution is -0.118. The summed E-state index contributed by atoms with van der Waals surface area (Å²) >= 11 is 9.82. The van der Waals surface area contributed by atoms with E-state index in [4.69, 9.17) is 21.3 Å². The van der Waals surface area contributed by atoms with E-state index < -0.39 is 5.41 Å². The summed E-state index contributed by atoms with van der Waals surface area (Å²) in [5.41, 5.74) is 2.27.